The first-order valence-electron chi connectivity index (χ1n) is 7.33. The van der Waals surface area contributed by atoms with Crippen molar-refractivity contribution in [2.24, 2.45) is 5.73 Å². The molecule has 8 heteroatoms. The first kappa shape index (κ1) is 16.7. The summed E-state index contributed by atoms with van der Waals surface area (Å²) in [5, 5.41) is 9.37. The molecule has 2 unspecified atom stereocenters. The molecule has 3 N–H and O–H groups in total. The third-order valence-electron chi connectivity index (χ3n) is 4.04. The predicted octanol–water partition coefficient (Wildman–Crippen LogP) is -0.557. The number of carbonyl (C=O) groups is 3. The standard InChI is InChI=1S/C14H23N3O5/c1-13(2,3)22-12(21)17-6-4-5-14(17)8-16(11(14)20)9(7-18)10(15)19/h7,9-10,19H,4-6,8,15H2,1-3H3/t9-,10?,14?/m1/s1. The fraction of sp³-hybridized carbons (Fsp3) is 0.786. The molecule has 2 saturated heterocycles. The summed E-state index contributed by atoms with van der Waals surface area (Å²) in [6.07, 6.45) is -0.310. The maximum atomic E-state index is 12.5. The molecule has 0 aliphatic carbocycles. The molecule has 0 aromatic rings. The molecule has 0 aromatic carbocycles. The van der Waals surface area contributed by atoms with Crippen LogP contribution in [0.4, 0.5) is 4.79 Å². The number of β-lactam (4-membered cyclic amide) rings is 1. The quantitative estimate of drug-likeness (QED) is 0.410. The molecule has 2 rings (SSSR count). The Balaban J connectivity index is 2.13. The molecular weight excluding hydrogens is 290 g/mol. The number of likely N-dealkylation sites (tertiary alicyclic amines) is 2. The maximum absolute atomic E-state index is 12.5. The molecule has 2 fully saturated rings. The molecule has 8 nitrogen and oxygen atoms in total. The van der Waals surface area contributed by atoms with Gasteiger partial charge in [0, 0.05) is 6.54 Å². The van der Waals surface area contributed by atoms with E-state index in [4.69, 9.17) is 10.5 Å². The number of rotatable bonds is 3. The Morgan fingerprint density at radius 2 is 2.14 bits per heavy atom. The number of hydrogen-bond acceptors (Lipinski definition) is 6. The van der Waals surface area contributed by atoms with Crippen molar-refractivity contribution >= 4 is 18.3 Å². The van der Waals surface area contributed by atoms with Crippen LogP contribution in [0.15, 0.2) is 0 Å². The fourth-order valence-corrected chi connectivity index (χ4v) is 3.02. The van der Waals surface area contributed by atoms with E-state index < -0.39 is 29.5 Å². The molecule has 2 aliphatic rings. The minimum Gasteiger partial charge on any atom is -0.444 e. The van der Waals surface area contributed by atoms with Crippen LogP contribution < -0.4 is 5.73 Å². The molecule has 124 valence electrons. The SMILES string of the molecule is CC(C)(C)OC(=O)N1CCCC12CN([C@H](C=O)C(N)O)C2=O. The molecular formula is C14H23N3O5. The summed E-state index contributed by atoms with van der Waals surface area (Å²) >= 11 is 0. The number of carbonyl (C=O) groups excluding carboxylic acids is 3. The van der Waals surface area contributed by atoms with Crippen LogP contribution in [0, 0.1) is 0 Å². The third kappa shape index (κ3) is 2.68. The number of aldehydes is 1. The van der Waals surface area contributed by atoms with Crippen LogP contribution in [0.5, 0.6) is 0 Å². The Morgan fingerprint density at radius 1 is 1.50 bits per heavy atom. The first-order chi connectivity index (χ1) is 10.1. The number of hydrogen-bond donors (Lipinski definition) is 2. The van der Waals surface area contributed by atoms with Crippen molar-refractivity contribution in [2.45, 2.75) is 57.0 Å². The summed E-state index contributed by atoms with van der Waals surface area (Å²) < 4.78 is 5.34. The number of ether oxygens (including phenoxy) is 1. The molecule has 1 spiro atoms. The maximum Gasteiger partial charge on any atom is 0.411 e. The van der Waals surface area contributed by atoms with E-state index >= 15 is 0 Å². The van der Waals surface area contributed by atoms with Crippen LogP contribution in [0.2, 0.25) is 0 Å². The van der Waals surface area contributed by atoms with Crippen molar-refractivity contribution in [3.05, 3.63) is 0 Å². The Labute approximate surface area is 129 Å². The van der Waals surface area contributed by atoms with E-state index in [0.29, 0.717) is 25.7 Å². The molecule has 2 heterocycles. The van der Waals surface area contributed by atoms with Crippen molar-refractivity contribution in [2.75, 3.05) is 13.1 Å². The van der Waals surface area contributed by atoms with Gasteiger partial charge in [-0.25, -0.2) is 4.79 Å². The van der Waals surface area contributed by atoms with Gasteiger partial charge < -0.3 is 25.3 Å². The van der Waals surface area contributed by atoms with E-state index in [1.54, 1.807) is 20.8 Å². The van der Waals surface area contributed by atoms with Gasteiger partial charge in [-0.3, -0.25) is 9.69 Å². The Morgan fingerprint density at radius 3 is 2.59 bits per heavy atom. The molecule has 0 saturated carbocycles. The van der Waals surface area contributed by atoms with Gasteiger partial charge in [0.05, 0.1) is 6.54 Å². The van der Waals surface area contributed by atoms with Crippen molar-refractivity contribution in [3.63, 3.8) is 0 Å². The minimum absolute atomic E-state index is 0.183. The van der Waals surface area contributed by atoms with Gasteiger partial charge in [-0.2, -0.15) is 0 Å². The lowest BCUT2D eigenvalue weighted by atomic mass is 9.84. The lowest BCUT2D eigenvalue weighted by molar-refractivity contribution is -0.169. The monoisotopic (exact) mass is 313 g/mol. The van der Waals surface area contributed by atoms with Crippen molar-refractivity contribution < 1.29 is 24.2 Å². The van der Waals surface area contributed by atoms with Gasteiger partial charge in [-0.05, 0) is 33.6 Å². The highest BCUT2D eigenvalue weighted by Gasteiger charge is 2.62. The van der Waals surface area contributed by atoms with E-state index in [9.17, 15) is 19.5 Å². The normalized spacial score (nSPS) is 27.6. The average molecular weight is 313 g/mol. The molecule has 0 bridgehead atoms. The van der Waals surface area contributed by atoms with Crippen LogP contribution in [0.1, 0.15) is 33.6 Å². The van der Waals surface area contributed by atoms with Gasteiger partial charge in [0.2, 0.25) is 0 Å². The zero-order valence-corrected chi connectivity index (χ0v) is 13.1. The summed E-state index contributed by atoms with van der Waals surface area (Å²) in [5.41, 5.74) is 3.70. The summed E-state index contributed by atoms with van der Waals surface area (Å²) in [4.78, 5) is 38.4. The molecule has 2 aliphatic heterocycles. The number of amides is 2. The lowest BCUT2D eigenvalue weighted by Crippen LogP contribution is -2.76. The zero-order chi connectivity index (χ0) is 16.7. The van der Waals surface area contributed by atoms with Gasteiger partial charge >= 0.3 is 6.09 Å². The second-order valence-corrected chi connectivity index (χ2v) is 6.82. The summed E-state index contributed by atoms with van der Waals surface area (Å²) in [7, 11) is 0. The van der Waals surface area contributed by atoms with Gasteiger partial charge in [0.1, 0.15) is 29.7 Å². The molecule has 0 aromatic heterocycles. The van der Waals surface area contributed by atoms with Crippen molar-refractivity contribution in [3.8, 4) is 0 Å². The topological polar surface area (TPSA) is 113 Å². The summed E-state index contributed by atoms with van der Waals surface area (Å²) in [5.74, 6) is -0.363. The van der Waals surface area contributed by atoms with Crippen LogP contribution >= 0.6 is 0 Å². The summed E-state index contributed by atoms with van der Waals surface area (Å²) in [6, 6.07) is -1.08. The van der Waals surface area contributed by atoms with E-state index in [2.05, 4.69) is 0 Å². The van der Waals surface area contributed by atoms with Gasteiger partial charge in [-0.15, -0.1) is 0 Å². The smallest absolute Gasteiger partial charge is 0.411 e. The van der Waals surface area contributed by atoms with Gasteiger partial charge in [0.25, 0.3) is 5.91 Å². The Bertz CT molecular complexity index is 487. The first-order valence-corrected chi connectivity index (χ1v) is 7.33. The molecule has 3 atom stereocenters. The fourth-order valence-electron chi connectivity index (χ4n) is 3.02. The second kappa shape index (κ2) is 5.51. The highest BCUT2D eigenvalue weighted by atomic mass is 16.6. The number of aliphatic hydroxyl groups is 1. The minimum atomic E-state index is -1.44. The predicted molar refractivity (Wildman–Crippen MR) is 76.7 cm³/mol. The lowest BCUT2D eigenvalue weighted by Gasteiger charge is -2.52. The van der Waals surface area contributed by atoms with E-state index in [1.165, 1.54) is 9.80 Å². The van der Waals surface area contributed by atoms with E-state index in [1.807, 2.05) is 0 Å². The van der Waals surface area contributed by atoms with Crippen molar-refractivity contribution in [1.82, 2.24) is 9.80 Å². The number of nitrogens with two attached hydrogens (primary N) is 1. The Kier molecular flexibility index (Phi) is 4.18. The van der Waals surface area contributed by atoms with Gasteiger partial charge in [-0.1, -0.05) is 0 Å². The van der Waals surface area contributed by atoms with E-state index in [-0.39, 0.29) is 12.5 Å². The molecule has 22 heavy (non-hydrogen) atoms. The van der Waals surface area contributed by atoms with Crippen molar-refractivity contribution in [1.29, 1.82) is 0 Å². The molecule has 0 radical (unpaired) electrons. The van der Waals surface area contributed by atoms with E-state index in [0.717, 1.165) is 0 Å². The number of aliphatic hydroxyl groups excluding tert-OH is 1. The zero-order valence-electron chi connectivity index (χ0n) is 13.1. The average Bonchev–Trinajstić information content (AvgIpc) is 2.83. The highest BCUT2D eigenvalue weighted by molar-refractivity contribution is 5.98. The highest BCUT2D eigenvalue weighted by Crippen LogP contribution is 2.40. The largest absolute Gasteiger partial charge is 0.444 e. The molecule has 2 amide bonds. The van der Waals surface area contributed by atoms with Gasteiger partial charge in [0.15, 0.2) is 0 Å². The van der Waals surface area contributed by atoms with Crippen LogP contribution in [0.25, 0.3) is 0 Å². The van der Waals surface area contributed by atoms with Crippen LogP contribution in [0.3, 0.4) is 0 Å². The summed E-state index contributed by atoms with van der Waals surface area (Å²) in [6.45, 7) is 5.90. The van der Waals surface area contributed by atoms with Crippen LogP contribution in [-0.2, 0) is 14.3 Å². The Hall–Kier alpha value is -1.67. The van der Waals surface area contributed by atoms with Crippen LogP contribution in [-0.4, -0.2) is 69.7 Å². The second-order valence-electron chi connectivity index (χ2n) is 6.82. The third-order valence-corrected chi connectivity index (χ3v) is 4.04. The number of nitrogens with zero attached hydrogens (tertiary/aromatic N) is 2.